The van der Waals surface area contributed by atoms with Crippen molar-refractivity contribution in [3.05, 3.63) is 0 Å². The van der Waals surface area contributed by atoms with Gasteiger partial charge >= 0.3 is 0 Å². The maximum absolute atomic E-state index is 12.3. The van der Waals surface area contributed by atoms with Crippen LogP contribution in [0.1, 0.15) is 13.3 Å². The fraction of sp³-hybridized carbons (Fsp3) is 1.00. The van der Waals surface area contributed by atoms with Crippen LogP contribution in [0.3, 0.4) is 0 Å². The number of hydrogen-bond donors (Lipinski definition) is 1. The van der Waals surface area contributed by atoms with Gasteiger partial charge in [-0.3, -0.25) is 0 Å². The number of rotatable bonds is 3. The van der Waals surface area contributed by atoms with Crippen LogP contribution in [0, 0.1) is 0 Å². The van der Waals surface area contributed by atoms with Gasteiger partial charge < -0.3 is 10.0 Å². The van der Waals surface area contributed by atoms with E-state index in [1.807, 2.05) is 25.9 Å². The van der Waals surface area contributed by atoms with Gasteiger partial charge in [-0.05, 0) is 20.5 Å². The number of nitrogens with zero attached hydrogens (tertiary/aromatic N) is 1. The molecule has 3 heteroatoms. The van der Waals surface area contributed by atoms with Crippen LogP contribution in [0.25, 0.3) is 0 Å². The Morgan fingerprint density at radius 1 is 1.40 bits per heavy atom. The van der Waals surface area contributed by atoms with Gasteiger partial charge in [0, 0.05) is 13.7 Å². The molecule has 0 radical (unpaired) electrons. The van der Waals surface area contributed by atoms with Crippen LogP contribution in [0.4, 0.5) is 4.39 Å². The van der Waals surface area contributed by atoms with Crippen molar-refractivity contribution < 1.29 is 9.50 Å². The van der Waals surface area contributed by atoms with Crippen molar-refractivity contribution >= 4 is 0 Å². The van der Waals surface area contributed by atoms with Crippen LogP contribution >= 0.6 is 0 Å². The molecule has 0 aromatic rings. The van der Waals surface area contributed by atoms with Gasteiger partial charge in [0.1, 0.15) is 6.17 Å². The molecule has 0 aromatic carbocycles. The third-order valence-electron chi connectivity index (χ3n) is 1.01. The predicted molar refractivity (Wildman–Crippen MR) is 41.9 cm³/mol. The smallest absolute Gasteiger partial charge is 0.112 e. The molecule has 0 aliphatic carbocycles. The Bertz CT molecular complexity index is 59.6. The van der Waals surface area contributed by atoms with Crippen molar-refractivity contribution in [2.75, 3.05) is 27.7 Å². The average Bonchev–Trinajstić information content (AvgIpc) is 1.91. The number of halogens is 1. The van der Waals surface area contributed by atoms with Gasteiger partial charge in [-0.25, -0.2) is 4.39 Å². The van der Waals surface area contributed by atoms with Crippen LogP contribution in [-0.4, -0.2) is 43.9 Å². The molecule has 0 aromatic heterocycles. The van der Waals surface area contributed by atoms with Crippen LogP contribution < -0.4 is 0 Å². The van der Waals surface area contributed by atoms with Gasteiger partial charge in [-0.2, -0.15) is 0 Å². The molecule has 0 heterocycles. The molecule has 1 atom stereocenters. The summed E-state index contributed by atoms with van der Waals surface area (Å²) in [6.45, 7) is 2.41. The quantitative estimate of drug-likeness (QED) is 0.648. The van der Waals surface area contributed by atoms with E-state index in [9.17, 15) is 4.39 Å². The first-order chi connectivity index (χ1) is 4.66. The molecule has 0 rings (SSSR count). The normalized spacial score (nSPS) is 12.3. The van der Waals surface area contributed by atoms with E-state index in [4.69, 9.17) is 5.11 Å². The van der Waals surface area contributed by atoms with Crippen molar-refractivity contribution in [2.24, 2.45) is 0 Å². The van der Waals surface area contributed by atoms with E-state index in [1.165, 1.54) is 0 Å². The molecule has 10 heavy (non-hydrogen) atoms. The minimum absolute atomic E-state index is 0.552. The van der Waals surface area contributed by atoms with Crippen molar-refractivity contribution in [1.82, 2.24) is 4.90 Å². The molecular weight excluding hydrogens is 133 g/mol. The van der Waals surface area contributed by atoms with Gasteiger partial charge in [0.05, 0.1) is 0 Å². The second-order valence-electron chi connectivity index (χ2n) is 2.27. The van der Waals surface area contributed by atoms with Gasteiger partial charge in [-0.15, -0.1) is 0 Å². The zero-order chi connectivity index (χ0) is 8.57. The number of hydrogen-bond acceptors (Lipinski definition) is 2. The highest BCUT2D eigenvalue weighted by Gasteiger charge is 2.02. The monoisotopic (exact) mass is 151 g/mol. The number of aliphatic hydroxyl groups is 1. The van der Waals surface area contributed by atoms with Gasteiger partial charge in [0.25, 0.3) is 0 Å². The lowest BCUT2D eigenvalue weighted by Gasteiger charge is -2.10. The minimum Gasteiger partial charge on any atom is -0.400 e. The summed E-state index contributed by atoms with van der Waals surface area (Å²) in [5.41, 5.74) is 0. The first-order valence-electron chi connectivity index (χ1n) is 3.40. The Labute approximate surface area is 62.7 Å². The van der Waals surface area contributed by atoms with Crippen LogP contribution in [0.15, 0.2) is 0 Å². The highest BCUT2D eigenvalue weighted by atomic mass is 19.1. The summed E-state index contributed by atoms with van der Waals surface area (Å²) in [7, 11) is 4.75. The van der Waals surface area contributed by atoms with Crippen LogP contribution in [0.5, 0.6) is 0 Å². The maximum atomic E-state index is 12.3. The third kappa shape index (κ3) is 10.8. The topological polar surface area (TPSA) is 23.5 Å². The highest BCUT2D eigenvalue weighted by Crippen LogP contribution is 1.96. The maximum Gasteiger partial charge on any atom is 0.112 e. The largest absolute Gasteiger partial charge is 0.400 e. The molecule has 0 spiro atoms. The van der Waals surface area contributed by atoms with E-state index < -0.39 is 6.17 Å². The molecule has 1 unspecified atom stereocenters. The Morgan fingerprint density at radius 2 is 1.80 bits per heavy atom. The zero-order valence-corrected chi connectivity index (χ0v) is 7.26. The summed E-state index contributed by atoms with van der Waals surface area (Å²) in [5.74, 6) is 0. The molecule has 0 saturated carbocycles. The second-order valence-corrected chi connectivity index (χ2v) is 2.27. The molecule has 0 aliphatic rings. The second kappa shape index (κ2) is 8.85. The number of aliphatic hydroxyl groups excluding tert-OH is 1. The van der Waals surface area contributed by atoms with Crippen LogP contribution in [-0.2, 0) is 0 Å². The van der Waals surface area contributed by atoms with Gasteiger partial charge in [0.2, 0.25) is 0 Å². The first kappa shape index (κ1) is 12.5. The first-order valence-corrected chi connectivity index (χ1v) is 3.40. The fourth-order valence-corrected chi connectivity index (χ4v) is 0.525. The molecule has 1 N–H and O–H groups in total. The van der Waals surface area contributed by atoms with E-state index in [0.29, 0.717) is 13.0 Å². The summed E-state index contributed by atoms with van der Waals surface area (Å²) >= 11 is 0. The Hall–Kier alpha value is -0.150. The third-order valence-corrected chi connectivity index (χ3v) is 1.01. The standard InChI is InChI=1S/C6H14FN.CH4O/c1-4-6(7)5-8(2)3;1-2/h6H,4-5H2,1-3H3;2H,1H3. The van der Waals surface area contributed by atoms with E-state index >= 15 is 0 Å². The molecule has 64 valence electrons. The highest BCUT2D eigenvalue weighted by molar-refractivity contribution is 4.54. The lowest BCUT2D eigenvalue weighted by atomic mass is 10.3. The summed E-state index contributed by atoms with van der Waals surface area (Å²) in [5, 5.41) is 7.00. The summed E-state index contributed by atoms with van der Waals surface area (Å²) in [6.07, 6.45) is -0.0250. The van der Waals surface area contributed by atoms with Crippen molar-refractivity contribution in [2.45, 2.75) is 19.5 Å². The SMILES string of the molecule is CCC(F)CN(C)C.CO. The van der Waals surface area contributed by atoms with Gasteiger partial charge in [0.15, 0.2) is 0 Å². The molecule has 2 nitrogen and oxygen atoms in total. The van der Waals surface area contributed by atoms with Crippen LogP contribution in [0.2, 0.25) is 0 Å². The molecule has 0 amide bonds. The predicted octanol–water partition coefficient (Wildman–Crippen LogP) is 0.905. The van der Waals surface area contributed by atoms with E-state index in [2.05, 4.69) is 0 Å². The molecule has 0 bridgehead atoms. The van der Waals surface area contributed by atoms with E-state index in [-0.39, 0.29) is 0 Å². The Morgan fingerprint density at radius 3 is 1.90 bits per heavy atom. The minimum atomic E-state index is -0.648. The van der Waals surface area contributed by atoms with Crippen molar-refractivity contribution in [3.8, 4) is 0 Å². The molecule has 0 aliphatic heterocycles. The van der Waals surface area contributed by atoms with Crippen molar-refractivity contribution in [1.29, 1.82) is 0 Å². The Kier molecular flexibility index (Phi) is 11.1. The number of alkyl halides is 1. The summed E-state index contributed by atoms with van der Waals surface area (Å²) in [6, 6.07) is 0. The van der Waals surface area contributed by atoms with Crippen molar-refractivity contribution in [3.63, 3.8) is 0 Å². The van der Waals surface area contributed by atoms with E-state index in [1.54, 1.807) is 0 Å². The molecule has 0 fully saturated rings. The zero-order valence-electron chi connectivity index (χ0n) is 7.26. The fourth-order valence-electron chi connectivity index (χ4n) is 0.525. The molecule has 0 saturated heterocycles. The average molecular weight is 151 g/mol. The Balaban J connectivity index is 0. The molecular formula is C7H18FNO. The summed E-state index contributed by atoms with van der Waals surface area (Å²) < 4.78 is 12.3. The van der Waals surface area contributed by atoms with E-state index in [0.717, 1.165) is 7.11 Å². The van der Waals surface area contributed by atoms with Gasteiger partial charge in [-0.1, -0.05) is 6.92 Å². The summed E-state index contributed by atoms with van der Waals surface area (Å²) in [4.78, 5) is 1.86. The lowest BCUT2D eigenvalue weighted by Crippen LogP contribution is -2.21. The lowest BCUT2D eigenvalue weighted by molar-refractivity contribution is 0.241.